The zero-order valence-corrected chi connectivity index (χ0v) is 17.1. The van der Waals surface area contributed by atoms with E-state index < -0.39 is 5.97 Å². The molecular formula is C21H31ClN2O3. The summed E-state index contributed by atoms with van der Waals surface area (Å²) in [6, 6.07) is 6.35. The molecule has 5 nitrogen and oxygen atoms in total. The lowest BCUT2D eigenvalue weighted by Gasteiger charge is -2.34. The number of piperidine rings is 1. The summed E-state index contributed by atoms with van der Waals surface area (Å²) in [5.74, 6) is -0.970. The molecule has 2 aliphatic rings. The maximum Gasteiger partial charge on any atom is 0.306 e. The number of aliphatic carboxylic acids is 1. The Morgan fingerprint density at radius 2 is 1.74 bits per heavy atom. The van der Waals surface area contributed by atoms with Crippen LogP contribution in [0.3, 0.4) is 0 Å². The second kappa shape index (κ2) is 9.56. The summed E-state index contributed by atoms with van der Waals surface area (Å²) in [5, 5.41) is 12.2. The van der Waals surface area contributed by atoms with Gasteiger partial charge in [-0.1, -0.05) is 18.2 Å². The van der Waals surface area contributed by atoms with Crippen molar-refractivity contribution in [3.63, 3.8) is 0 Å². The largest absolute Gasteiger partial charge is 0.481 e. The number of hydrogen-bond donors (Lipinski definition) is 2. The van der Waals surface area contributed by atoms with Crippen molar-refractivity contribution >= 4 is 24.3 Å². The van der Waals surface area contributed by atoms with Gasteiger partial charge in [-0.05, 0) is 82.2 Å². The highest BCUT2D eigenvalue weighted by molar-refractivity contribution is 5.85. The van der Waals surface area contributed by atoms with Crippen molar-refractivity contribution in [1.82, 2.24) is 10.2 Å². The van der Waals surface area contributed by atoms with E-state index in [0.29, 0.717) is 25.9 Å². The van der Waals surface area contributed by atoms with Gasteiger partial charge in [0.05, 0.1) is 18.0 Å². The SMILES string of the molecule is CC(NC(=O)C(C)N1CCC(C(=O)O)CC1)c1ccc2c(c1)CCCC2.Cl. The van der Waals surface area contributed by atoms with Gasteiger partial charge in [0.25, 0.3) is 0 Å². The Hall–Kier alpha value is -1.59. The topological polar surface area (TPSA) is 69.6 Å². The second-order valence-corrected chi connectivity index (χ2v) is 7.79. The average molecular weight is 395 g/mol. The van der Waals surface area contributed by atoms with Crippen LogP contribution in [0.15, 0.2) is 18.2 Å². The summed E-state index contributed by atoms with van der Waals surface area (Å²) in [7, 11) is 0. The first-order valence-corrected chi connectivity index (χ1v) is 9.84. The number of nitrogens with zero attached hydrogens (tertiary/aromatic N) is 1. The van der Waals surface area contributed by atoms with Crippen LogP contribution in [0, 0.1) is 5.92 Å². The predicted octanol–water partition coefficient (Wildman–Crippen LogP) is 3.35. The number of carboxylic acid groups (broad SMARTS) is 1. The molecule has 0 spiro atoms. The van der Waals surface area contributed by atoms with Gasteiger partial charge in [-0.25, -0.2) is 0 Å². The molecule has 150 valence electrons. The molecule has 1 aromatic carbocycles. The fourth-order valence-corrected chi connectivity index (χ4v) is 4.14. The number of carbonyl (C=O) groups excluding carboxylic acids is 1. The number of carbonyl (C=O) groups is 2. The molecule has 3 rings (SSSR count). The maximum absolute atomic E-state index is 12.7. The number of nitrogens with one attached hydrogen (secondary N) is 1. The number of carboxylic acids is 1. The van der Waals surface area contributed by atoms with Gasteiger partial charge in [-0.2, -0.15) is 0 Å². The quantitative estimate of drug-likeness (QED) is 0.803. The highest BCUT2D eigenvalue weighted by atomic mass is 35.5. The zero-order valence-electron chi connectivity index (χ0n) is 16.2. The first kappa shape index (κ1) is 21.7. The maximum atomic E-state index is 12.7. The number of halogens is 1. The molecule has 2 unspecified atom stereocenters. The average Bonchev–Trinajstić information content (AvgIpc) is 2.67. The molecule has 1 aliphatic heterocycles. The van der Waals surface area contributed by atoms with Gasteiger partial charge in [0, 0.05) is 0 Å². The Labute approximate surface area is 167 Å². The van der Waals surface area contributed by atoms with Gasteiger partial charge >= 0.3 is 5.97 Å². The van der Waals surface area contributed by atoms with Gasteiger partial charge in [0.1, 0.15) is 0 Å². The standard InChI is InChI=1S/C21H30N2O3.ClH/c1-14(18-8-7-16-5-3-4-6-19(16)13-18)22-20(24)15(2)23-11-9-17(10-12-23)21(25)26;/h7-8,13-15,17H,3-6,9-12H2,1-2H3,(H,22,24)(H,25,26);1H. The normalized spacial score (nSPS) is 20.1. The van der Waals surface area contributed by atoms with Crippen LogP contribution in [0.5, 0.6) is 0 Å². The molecule has 0 radical (unpaired) electrons. The van der Waals surface area contributed by atoms with Gasteiger partial charge in [-0.15, -0.1) is 12.4 Å². The smallest absolute Gasteiger partial charge is 0.306 e. The van der Waals surface area contributed by atoms with Crippen LogP contribution in [-0.2, 0) is 22.4 Å². The van der Waals surface area contributed by atoms with Crippen LogP contribution in [-0.4, -0.2) is 41.0 Å². The van der Waals surface area contributed by atoms with E-state index in [4.69, 9.17) is 5.11 Å². The third-order valence-electron chi connectivity index (χ3n) is 6.04. The highest BCUT2D eigenvalue weighted by Crippen LogP contribution is 2.25. The Bertz CT molecular complexity index is 671. The van der Waals surface area contributed by atoms with Gasteiger partial charge in [-0.3, -0.25) is 14.5 Å². The lowest BCUT2D eigenvalue weighted by molar-refractivity contribution is -0.143. The molecule has 0 bridgehead atoms. The van der Waals surface area contributed by atoms with Crippen LogP contribution in [0.1, 0.15) is 62.3 Å². The van der Waals surface area contributed by atoms with Gasteiger partial charge in [0.15, 0.2) is 0 Å². The lowest BCUT2D eigenvalue weighted by Crippen LogP contribution is -2.49. The monoisotopic (exact) mass is 394 g/mol. The molecule has 1 fully saturated rings. The first-order chi connectivity index (χ1) is 12.5. The van der Waals surface area contributed by atoms with E-state index in [2.05, 4.69) is 28.4 Å². The molecule has 1 aliphatic carbocycles. The molecule has 2 N–H and O–H groups in total. The fourth-order valence-electron chi connectivity index (χ4n) is 4.14. The minimum atomic E-state index is -0.720. The van der Waals surface area contributed by atoms with Crippen molar-refractivity contribution in [2.45, 2.75) is 64.5 Å². The molecule has 2 atom stereocenters. The molecule has 1 saturated heterocycles. The number of rotatable bonds is 5. The lowest BCUT2D eigenvalue weighted by atomic mass is 9.89. The summed E-state index contributed by atoms with van der Waals surface area (Å²) < 4.78 is 0. The Morgan fingerprint density at radius 1 is 1.11 bits per heavy atom. The molecule has 1 heterocycles. The molecule has 1 amide bonds. The number of aryl methyl sites for hydroxylation is 2. The van der Waals surface area contributed by atoms with Crippen molar-refractivity contribution < 1.29 is 14.7 Å². The van der Waals surface area contributed by atoms with Crippen molar-refractivity contribution in [1.29, 1.82) is 0 Å². The van der Waals surface area contributed by atoms with E-state index in [1.54, 1.807) is 0 Å². The minimum Gasteiger partial charge on any atom is -0.481 e. The van der Waals surface area contributed by atoms with Crippen molar-refractivity contribution in [3.8, 4) is 0 Å². The number of hydrogen-bond acceptors (Lipinski definition) is 3. The van der Waals surface area contributed by atoms with Crippen LogP contribution < -0.4 is 5.32 Å². The molecular weight excluding hydrogens is 364 g/mol. The minimum absolute atomic E-state index is 0. The van der Waals surface area contributed by atoms with E-state index in [1.807, 2.05) is 13.8 Å². The van der Waals surface area contributed by atoms with Gasteiger partial charge in [0.2, 0.25) is 5.91 Å². The molecule has 6 heteroatoms. The van der Waals surface area contributed by atoms with E-state index in [1.165, 1.54) is 30.4 Å². The molecule has 0 aromatic heterocycles. The summed E-state index contributed by atoms with van der Waals surface area (Å²) in [6.45, 7) is 5.28. The van der Waals surface area contributed by atoms with Crippen LogP contribution in [0.25, 0.3) is 0 Å². The second-order valence-electron chi connectivity index (χ2n) is 7.79. The Kier molecular flexibility index (Phi) is 7.68. The predicted molar refractivity (Wildman–Crippen MR) is 108 cm³/mol. The Balaban J connectivity index is 0.00000261. The fraction of sp³-hybridized carbons (Fsp3) is 0.619. The zero-order chi connectivity index (χ0) is 18.7. The van der Waals surface area contributed by atoms with E-state index in [0.717, 1.165) is 12.0 Å². The first-order valence-electron chi connectivity index (χ1n) is 9.84. The molecule has 1 aromatic rings. The van der Waals surface area contributed by atoms with E-state index >= 15 is 0 Å². The Morgan fingerprint density at radius 3 is 2.37 bits per heavy atom. The summed E-state index contributed by atoms with van der Waals surface area (Å²) >= 11 is 0. The van der Waals surface area contributed by atoms with Crippen molar-refractivity contribution in [2.24, 2.45) is 5.92 Å². The summed E-state index contributed by atoms with van der Waals surface area (Å²) in [4.78, 5) is 25.8. The van der Waals surface area contributed by atoms with Crippen LogP contribution >= 0.6 is 12.4 Å². The van der Waals surface area contributed by atoms with E-state index in [-0.39, 0.29) is 36.3 Å². The number of benzene rings is 1. The summed E-state index contributed by atoms with van der Waals surface area (Å²) in [6.07, 6.45) is 6.06. The van der Waals surface area contributed by atoms with Crippen molar-refractivity contribution in [2.75, 3.05) is 13.1 Å². The van der Waals surface area contributed by atoms with Crippen LogP contribution in [0.4, 0.5) is 0 Å². The number of likely N-dealkylation sites (tertiary alicyclic amines) is 1. The van der Waals surface area contributed by atoms with Crippen LogP contribution in [0.2, 0.25) is 0 Å². The van der Waals surface area contributed by atoms with Crippen molar-refractivity contribution in [3.05, 3.63) is 34.9 Å². The third kappa shape index (κ3) is 5.23. The third-order valence-corrected chi connectivity index (χ3v) is 6.04. The number of amides is 1. The summed E-state index contributed by atoms with van der Waals surface area (Å²) in [5.41, 5.74) is 4.04. The highest BCUT2D eigenvalue weighted by Gasteiger charge is 2.30. The number of fused-ring (bicyclic) bond motifs is 1. The van der Waals surface area contributed by atoms with E-state index in [9.17, 15) is 9.59 Å². The van der Waals surface area contributed by atoms with Gasteiger partial charge < -0.3 is 10.4 Å². The molecule has 27 heavy (non-hydrogen) atoms. The molecule has 0 saturated carbocycles.